The molecule has 0 radical (unpaired) electrons. The van der Waals surface area contributed by atoms with Crippen molar-refractivity contribution in [1.29, 1.82) is 0 Å². The first-order valence-electron chi connectivity index (χ1n) is 8.61. The summed E-state index contributed by atoms with van der Waals surface area (Å²) >= 11 is 0. The fraction of sp³-hybridized carbons (Fsp3) is 0.556. The number of carbonyl (C=O) groups excluding carboxylic acids is 1. The lowest BCUT2D eigenvalue weighted by molar-refractivity contribution is -0.138. The lowest BCUT2D eigenvalue weighted by atomic mass is 10.1. The van der Waals surface area contributed by atoms with E-state index in [9.17, 15) is 9.59 Å². The highest BCUT2D eigenvalue weighted by atomic mass is 16.5. The smallest absolute Gasteiger partial charge is 0.322 e. The van der Waals surface area contributed by atoms with E-state index in [1.165, 1.54) is 0 Å². The summed E-state index contributed by atoms with van der Waals surface area (Å²) in [6, 6.07) is 10.1. The van der Waals surface area contributed by atoms with Gasteiger partial charge in [0.25, 0.3) is 0 Å². The van der Waals surface area contributed by atoms with Crippen LogP contribution in [0.3, 0.4) is 0 Å². The Balaban J connectivity index is 1.96. The van der Waals surface area contributed by atoms with Crippen molar-refractivity contribution < 1.29 is 19.4 Å². The van der Waals surface area contributed by atoms with Crippen LogP contribution in [0.2, 0.25) is 0 Å². The molecule has 25 heavy (non-hydrogen) atoms. The Hall–Kier alpha value is -1.96. The third-order valence-electron chi connectivity index (χ3n) is 4.26. The Morgan fingerprint density at radius 3 is 2.60 bits per heavy atom. The van der Waals surface area contributed by atoms with E-state index < -0.39 is 5.97 Å². The molecule has 0 aromatic heterocycles. The van der Waals surface area contributed by atoms with Gasteiger partial charge in [-0.1, -0.05) is 30.3 Å². The molecule has 0 aliphatic carbocycles. The van der Waals surface area contributed by atoms with Gasteiger partial charge in [0.2, 0.25) is 5.91 Å². The van der Waals surface area contributed by atoms with Crippen LogP contribution in [0.25, 0.3) is 0 Å². The summed E-state index contributed by atoms with van der Waals surface area (Å²) in [6.07, 6.45) is 0. The van der Waals surface area contributed by atoms with Gasteiger partial charge in [-0.3, -0.25) is 19.4 Å². The predicted octanol–water partition coefficient (Wildman–Crippen LogP) is 0.410. The first-order valence-corrected chi connectivity index (χ1v) is 8.61. The number of carboxylic acids is 1. The van der Waals surface area contributed by atoms with Crippen molar-refractivity contribution in [2.45, 2.75) is 19.5 Å². The number of hydrogen-bond donors (Lipinski definition) is 2. The number of morpholine rings is 1. The maximum absolute atomic E-state index is 12.1. The zero-order valence-electron chi connectivity index (χ0n) is 14.7. The van der Waals surface area contributed by atoms with Crippen LogP contribution in [0.5, 0.6) is 0 Å². The molecule has 1 atom stereocenters. The van der Waals surface area contributed by atoms with Crippen molar-refractivity contribution in [3.8, 4) is 0 Å². The molecule has 1 aliphatic heterocycles. The highest BCUT2D eigenvalue weighted by Crippen LogP contribution is 2.10. The number of carbonyl (C=O) groups is 2. The average molecular weight is 349 g/mol. The maximum atomic E-state index is 12.1. The molecule has 1 aliphatic rings. The quantitative estimate of drug-likeness (QED) is 0.672. The predicted molar refractivity (Wildman–Crippen MR) is 94.2 cm³/mol. The van der Waals surface area contributed by atoms with Gasteiger partial charge in [0.1, 0.15) is 6.54 Å². The van der Waals surface area contributed by atoms with Gasteiger partial charge in [0.05, 0.1) is 19.8 Å². The minimum Gasteiger partial charge on any atom is -0.480 e. The molecule has 2 rings (SSSR count). The Morgan fingerprint density at radius 2 is 1.96 bits per heavy atom. The number of benzene rings is 1. The van der Waals surface area contributed by atoms with E-state index >= 15 is 0 Å². The summed E-state index contributed by atoms with van der Waals surface area (Å²) in [4.78, 5) is 27.1. The fourth-order valence-corrected chi connectivity index (χ4v) is 2.87. The molecule has 0 spiro atoms. The molecular formula is C18H27N3O4. The lowest BCUT2D eigenvalue weighted by Gasteiger charge is -2.34. The van der Waals surface area contributed by atoms with E-state index in [4.69, 9.17) is 9.84 Å². The number of nitrogens with zero attached hydrogens (tertiary/aromatic N) is 2. The topological polar surface area (TPSA) is 82.1 Å². The van der Waals surface area contributed by atoms with Crippen LogP contribution >= 0.6 is 0 Å². The van der Waals surface area contributed by atoms with Gasteiger partial charge in [-0.2, -0.15) is 0 Å². The maximum Gasteiger partial charge on any atom is 0.322 e. The molecule has 2 N–H and O–H groups in total. The average Bonchev–Trinajstić information content (AvgIpc) is 2.61. The van der Waals surface area contributed by atoms with Crippen molar-refractivity contribution in [3.63, 3.8) is 0 Å². The third-order valence-corrected chi connectivity index (χ3v) is 4.26. The second-order valence-electron chi connectivity index (χ2n) is 6.32. The zero-order chi connectivity index (χ0) is 18.1. The highest BCUT2D eigenvalue weighted by Gasteiger charge is 2.21. The molecule has 1 aromatic rings. The minimum absolute atomic E-state index is 0.161. The van der Waals surface area contributed by atoms with Crippen molar-refractivity contribution >= 4 is 11.9 Å². The van der Waals surface area contributed by atoms with E-state index in [2.05, 4.69) is 22.0 Å². The van der Waals surface area contributed by atoms with Crippen molar-refractivity contribution in [1.82, 2.24) is 15.1 Å². The number of nitrogens with one attached hydrogen (secondary N) is 1. The van der Waals surface area contributed by atoms with Crippen molar-refractivity contribution in [2.24, 2.45) is 0 Å². The molecule has 1 aromatic carbocycles. The Bertz CT molecular complexity index is 547. The van der Waals surface area contributed by atoms with E-state index in [-0.39, 0.29) is 25.0 Å². The first kappa shape index (κ1) is 19.4. The summed E-state index contributed by atoms with van der Waals surface area (Å²) in [5.74, 6) is -1.31. The first-order chi connectivity index (χ1) is 12.0. The van der Waals surface area contributed by atoms with Crippen LogP contribution in [0.1, 0.15) is 12.5 Å². The van der Waals surface area contributed by atoms with Gasteiger partial charge in [-0.25, -0.2) is 0 Å². The highest BCUT2D eigenvalue weighted by molar-refractivity contribution is 5.82. The van der Waals surface area contributed by atoms with E-state index in [0.717, 1.165) is 38.4 Å². The number of hydrogen-bond acceptors (Lipinski definition) is 5. The van der Waals surface area contributed by atoms with Crippen LogP contribution < -0.4 is 5.32 Å². The molecule has 1 fully saturated rings. The second kappa shape index (κ2) is 10.1. The standard InChI is InChI=1S/C18H27N3O4/c1-15(12-20-7-9-25-10-8-20)21(13-16-5-3-2-4-6-16)14-17(22)19-11-18(23)24/h2-6,15H,7-14H2,1H3,(H,19,22)(H,23,24). The fourth-order valence-electron chi connectivity index (χ4n) is 2.87. The molecule has 0 bridgehead atoms. The zero-order valence-corrected chi connectivity index (χ0v) is 14.7. The summed E-state index contributed by atoms with van der Waals surface area (Å²) in [6.45, 7) is 6.69. The normalized spacial score (nSPS) is 16.6. The van der Waals surface area contributed by atoms with E-state index in [1.807, 2.05) is 30.3 Å². The molecular weight excluding hydrogens is 322 g/mol. The number of carboxylic acid groups (broad SMARTS) is 1. The Kier molecular flexibility index (Phi) is 7.84. The van der Waals surface area contributed by atoms with Gasteiger partial charge in [-0.15, -0.1) is 0 Å². The molecule has 7 nitrogen and oxygen atoms in total. The largest absolute Gasteiger partial charge is 0.480 e. The number of amides is 1. The van der Waals surface area contributed by atoms with E-state index in [0.29, 0.717) is 6.54 Å². The summed E-state index contributed by atoms with van der Waals surface area (Å²) < 4.78 is 5.38. The van der Waals surface area contributed by atoms with Crippen LogP contribution in [0, 0.1) is 0 Å². The van der Waals surface area contributed by atoms with Gasteiger partial charge < -0.3 is 15.2 Å². The van der Waals surface area contributed by atoms with Crippen LogP contribution in [-0.4, -0.2) is 78.8 Å². The lowest BCUT2D eigenvalue weighted by Crippen LogP contribution is -2.49. The van der Waals surface area contributed by atoms with Crippen molar-refractivity contribution in [3.05, 3.63) is 35.9 Å². The molecule has 0 saturated carbocycles. The summed E-state index contributed by atoms with van der Waals surface area (Å²) in [7, 11) is 0. The molecule has 1 amide bonds. The monoisotopic (exact) mass is 349 g/mol. The van der Waals surface area contributed by atoms with Gasteiger partial charge in [-0.05, 0) is 12.5 Å². The third kappa shape index (κ3) is 7.21. The van der Waals surface area contributed by atoms with Crippen LogP contribution in [0.4, 0.5) is 0 Å². The molecule has 1 heterocycles. The van der Waals surface area contributed by atoms with Crippen LogP contribution in [-0.2, 0) is 20.9 Å². The second-order valence-corrected chi connectivity index (χ2v) is 6.32. The summed E-state index contributed by atoms with van der Waals surface area (Å²) in [5.41, 5.74) is 1.13. The SMILES string of the molecule is CC(CN1CCOCC1)N(CC(=O)NCC(=O)O)Cc1ccccc1. The molecule has 7 heteroatoms. The van der Waals surface area contributed by atoms with E-state index in [1.54, 1.807) is 0 Å². The number of aliphatic carboxylic acids is 1. The number of ether oxygens (including phenoxy) is 1. The van der Waals surface area contributed by atoms with Crippen LogP contribution in [0.15, 0.2) is 30.3 Å². The molecule has 1 unspecified atom stereocenters. The van der Waals surface area contributed by atoms with Gasteiger partial charge in [0, 0.05) is 32.2 Å². The van der Waals surface area contributed by atoms with Gasteiger partial charge in [0.15, 0.2) is 0 Å². The van der Waals surface area contributed by atoms with Gasteiger partial charge >= 0.3 is 5.97 Å². The minimum atomic E-state index is -1.04. The van der Waals surface area contributed by atoms with Crippen molar-refractivity contribution in [2.75, 3.05) is 45.9 Å². The molecule has 138 valence electrons. The Morgan fingerprint density at radius 1 is 1.28 bits per heavy atom. The summed E-state index contributed by atoms with van der Waals surface area (Å²) in [5, 5.41) is 11.2. The molecule has 1 saturated heterocycles. The number of rotatable bonds is 9. The Labute approximate surface area is 148 Å².